The minimum atomic E-state index is 0.740. The van der Waals surface area contributed by atoms with Gasteiger partial charge in [-0.25, -0.2) is 4.98 Å². The lowest BCUT2D eigenvalue weighted by Crippen LogP contribution is -2.04. The first-order valence-electron chi connectivity index (χ1n) is 6.48. The molecule has 0 bridgehead atoms. The molecule has 1 N–H and O–H groups in total. The molecule has 0 aliphatic heterocycles. The number of aromatic nitrogens is 2. The SMILES string of the molecule is Cc1ccc(NCc2c(C)nc3scc(C)n23)cc1Cl. The van der Waals surface area contributed by atoms with Crippen molar-refractivity contribution in [1.82, 2.24) is 9.38 Å². The highest BCUT2D eigenvalue weighted by atomic mass is 35.5. The van der Waals surface area contributed by atoms with E-state index >= 15 is 0 Å². The molecule has 5 heteroatoms. The van der Waals surface area contributed by atoms with Gasteiger partial charge in [-0.15, -0.1) is 11.3 Å². The second-order valence-corrected chi connectivity index (χ2v) is 6.20. The second-order valence-electron chi connectivity index (χ2n) is 4.96. The fraction of sp³-hybridized carbons (Fsp3) is 0.267. The lowest BCUT2D eigenvalue weighted by atomic mass is 10.2. The first kappa shape index (κ1) is 13.5. The molecule has 0 radical (unpaired) electrons. The minimum absolute atomic E-state index is 0.740. The van der Waals surface area contributed by atoms with Crippen LogP contribution >= 0.6 is 22.9 Å². The molecule has 0 saturated carbocycles. The molecule has 0 fully saturated rings. The molecule has 20 heavy (non-hydrogen) atoms. The molecule has 2 heterocycles. The third-order valence-electron chi connectivity index (χ3n) is 3.46. The molecule has 1 aromatic carbocycles. The Morgan fingerprint density at radius 1 is 1.30 bits per heavy atom. The van der Waals surface area contributed by atoms with Crippen molar-refractivity contribution in [1.29, 1.82) is 0 Å². The maximum Gasteiger partial charge on any atom is 0.194 e. The molecule has 3 aromatic rings. The average Bonchev–Trinajstić information content (AvgIpc) is 2.91. The van der Waals surface area contributed by atoms with Crippen molar-refractivity contribution >= 4 is 33.6 Å². The molecule has 0 aliphatic rings. The van der Waals surface area contributed by atoms with Crippen LogP contribution in [0.1, 0.15) is 22.6 Å². The number of nitrogens with one attached hydrogen (secondary N) is 1. The summed E-state index contributed by atoms with van der Waals surface area (Å²) in [5, 5.41) is 6.35. The second kappa shape index (κ2) is 5.11. The van der Waals surface area contributed by atoms with Gasteiger partial charge < -0.3 is 5.32 Å². The Morgan fingerprint density at radius 2 is 2.10 bits per heavy atom. The predicted octanol–water partition coefficient (Wildman–Crippen LogP) is 4.59. The normalized spacial score (nSPS) is 11.2. The van der Waals surface area contributed by atoms with Crippen LogP contribution in [0.3, 0.4) is 0 Å². The quantitative estimate of drug-likeness (QED) is 0.767. The summed E-state index contributed by atoms with van der Waals surface area (Å²) in [5.74, 6) is 0. The fourth-order valence-electron chi connectivity index (χ4n) is 2.26. The number of aryl methyl sites for hydroxylation is 3. The van der Waals surface area contributed by atoms with Gasteiger partial charge in [0.05, 0.1) is 17.9 Å². The van der Waals surface area contributed by atoms with Gasteiger partial charge in [0.2, 0.25) is 0 Å². The summed E-state index contributed by atoms with van der Waals surface area (Å²) >= 11 is 7.83. The van der Waals surface area contributed by atoms with Crippen LogP contribution in [0.25, 0.3) is 4.96 Å². The zero-order chi connectivity index (χ0) is 14.3. The van der Waals surface area contributed by atoms with E-state index in [1.165, 1.54) is 11.4 Å². The largest absolute Gasteiger partial charge is 0.379 e. The monoisotopic (exact) mass is 305 g/mol. The first-order chi connectivity index (χ1) is 9.56. The van der Waals surface area contributed by atoms with Crippen LogP contribution in [0.2, 0.25) is 5.02 Å². The van der Waals surface area contributed by atoms with Crippen LogP contribution in [-0.2, 0) is 6.54 Å². The standard InChI is InChI=1S/C15H16ClN3S/c1-9-4-5-12(6-13(9)16)17-7-14-11(3)18-15-19(14)10(2)8-20-15/h4-6,8,17H,7H2,1-3H3. The van der Waals surface area contributed by atoms with Gasteiger partial charge in [0.25, 0.3) is 0 Å². The third kappa shape index (κ3) is 2.30. The van der Waals surface area contributed by atoms with Crippen LogP contribution in [0.15, 0.2) is 23.6 Å². The van der Waals surface area contributed by atoms with Crippen LogP contribution in [0.4, 0.5) is 5.69 Å². The highest BCUT2D eigenvalue weighted by molar-refractivity contribution is 7.15. The van der Waals surface area contributed by atoms with Crippen molar-refractivity contribution in [3.63, 3.8) is 0 Å². The van der Waals surface area contributed by atoms with E-state index < -0.39 is 0 Å². The van der Waals surface area contributed by atoms with E-state index in [9.17, 15) is 0 Å². The molecular weight excluding hydrogens is 290 g/mol. The number of thiazole rings is 1. The van der Waals surface area contributed by atoms with Gasteiger partial charge >= 0.3 is 0 Å². The Hall–Kier alpha value is -1.52. The van der Waals surface area contributed by atoms with Gasteiger partial charge in [-0.3, -0.25) is 4.40 Å². The van der Waals surface area contributed by atoms with Crippen molar-refractivity contribution < 1.29 is 0 Å². The minimum Gasteiger partial charge on any atom is -0.379 e. The molecule has 2 aromatic heterocycles. The Bertz CT molecular complexity index is 773. The highest BCUT2D eigenvalue weighted by Gasteiger charge is 2.11. The number of fused-ring (bicyclic) bond motifs is 1. The lowest BCUT2D eigenvalue weighted by molar-refractivity contribution is 0.966. The van der Waals surface area contributed by atoms with Crippen LogP contribution in [-0.4, -0.2) is 9.38 Å². The molecule has 0 spiro atoms. The Morgan fingerprint density at radius 3 is 2.85 bits per heavy atom. The van der Waals surface area contributed by atoms with Crippen LogP contribution in [0.5, 0.6) is 0 Å². The van der Waals surface area contributed by atoms with Crippen LogP contribution in [0, 0.1) is 20.8 Å². The highest BCUT2D eigenvalue weighted by Crippen LogP contribution is 2.23. The number of rotatable bonds is 3. The Kier molecular flexibility index (Phi) is 3.44. The maximum absolute atomic E-state index is 6.15. The topological polar surface area (TPSA) is 29.3 Å². The van der Waals surface area contributed by atoms with E-state index in [-0.39, 0.29) is 0 Å². The number of halogens is 1. The summed E-state index contributed by atoms with van der Waals surface area (Å²) in [6, 6.07) is 6.04. The molecule has 0 saturated heterocycles. The lowest BCUT2D eigenvalue weighted by Gasteiger charge is -2.09. The molecule has 0 unspecified atom stereocenters. The Labute approximate surface area is 127 Å². The summed E-state index contributed by atoms with van der Waals surface area (Å²) in [4.78, 5) is 5.65. The molecule has 0 amide bonds. The zero-order valence-corrected chi connectivity index (χ0v) is 13.3. The average molecular weight is 306 g/mol. The van der Waals surface area contributed by atoms with Gasteiger partial charge in [-0.05, 0) is 38.5 Å². The predicted molar refractivity (Wildman–Crippen MR) is 86.1 cm³/mol. The van der Waals surface area contributed by atoms with E-state index in [1.54, 1.807) is 11.3 Å². The molecule has 3 nitrogen and oxygen atoms in total. The number of imidazole rings is 1. The van der Waals surface area contributed by atoms with Gasteiger partial charge in [0, 0.05) is 21.8 Å². The van der Waals surface area contributed by atoms with Gasteiger partial charge in [0.15, 0.2) is 4.96 Å². The molecule has 3 rings (SSSR count). The van der Waals surface area contributed by atoms with Crippen molar-refractivity contribution in [2.45, 2.75) is 27.3 Å². The zero-order valence-electron chi connectivity index (χ0n) is 11.7. The Balaban J connectivity index is 1.88. The molecule has 0 atom stereocenters. The molecule has 104 valence electrons. The van der Waals surface area contributed by atoms with Gasteiger partial charge in [-0.2, -0.15) is 0 Å². The fourth-order valence-corrected chi connectivity index (χ4v) is 3.38. The summed E-state index contributed by atoms with van der Waals surface area (Å²) in [6.07, 6.45) is 0. The number of hydrogen-bond acceptors (Lipinski definition) is 3. The molecule has 0 aliphatic carbocycles. The smallest absolute Gasteiger partial charge is 0.194 e. The van der Waals surface area contributed by atoms with Crippen molar-refractivity contribution in [3.05, 3.63) is 51.2 Å². The molecular formula is C15H16ClN3S. The maximum atomic E-state index is 6.15. The summed E-state index contributed by atoms with van der Waals surface area (Å²) in [7, 11) is 0. The van der Waals surface area contributed by atoms with Crippen LogP contribution < -0.4 is 5.32 Å². The number of benzene rings is 1. The number of anilines is 1. The van der Waals surface area contributed by atoms with E-state index in [1.807, 2.05) is 19.1 Å². The van der Waals surface area contributed by atoms with E-state index in [2.05, 4.69) is 40.0 Å². The van der Waals surface area contributed by atoms with E-state index in [0.29, 0.717) is 0 Å². The summed E-state index contributed by atoms with van der Waals surface area (Å²) in [6.45, 7) is 6.91. The van der Waals surface area contributed by atoms with Crippen molar-refractivity contribution in [3.8, 4) is 0 Å². The van der Waals surface area contributed by atoms with E-state index in [4.69, 9.17) is 11.6 Å². The number of nitrogens with zero attached hydrogens (tertiary/aromatic N) is 2. The van der Waals surface area contributed by atoms with E-state index in [0.717, 1.165) is 33.5 Å². The summed E-state index contributed by atoms with van der Waals surface area (Å²) in [5.41, 5.74) is 5.63. The van der Waals surface area contributed by atoms with Crippen molar-refractivity contribution in [2.24, 2.45) is 0 Å². The third-order valence-corrected chi connectivity index (χ3v) is 4.81. The van der Waals surface area contributed by atoms with Gasteiger partial charge in [-0.1, -0.05) is 17.7 Å². The first-order valence-corrected chi connectivity index (χ1v) is 7.74. The van der Waals surface area contributed by atoms with Crippen molar-refractivity contribution in [2.75, 3.05) is 5.32 Å². The number of hydrogen-bond donors (Lipinski definition) is 1. The summed E-state index contributed by atoms with van der Waals surface area (Å²) < 4.78 is 2.21. The van der Waals surface area contributed by atoms with Gasteiger partial charge in [0.1, 0.15) is 0 Å².